The first-order valence-corrected chi connectivity index (χ1v) is 6.67. The fourth-order valence-corrected chi connectivity index (χ4v) is 2.11. The van der Waals surface area contributed by atoms with Crippen LogP contribution in [0.1, 0.15) is 39.5 Å². The molecule has 1 saturated carbocycles. The van der Waals surface area contributed by atoms with Gasteiger partial charge in [-0.2, -0.15) is 0 Å². The second-order valence-electron chi connectivity index (χ2n) is 5.47. The maximum atomic E-state index is 11.5. The molecule has 19 heavy (non-hydrogen) atoms. The van der Waals surface area contributed by atoms with Crippen molar-refractivity contribution in [2.24, 2.45) is 5.92 Å². The van der Waals surface area contributed by atoms with Gasteiger partial charge in [0.15, 0.2) is 5.60 Å². The van der Waals surface area contributed by atoms with Crippen LogP contribution >= 0.6 is 0 Å². The minimum atomic E-state index is -1.95. The third-order valence-electron chi connectivity index (χ3n) is 3.55. The molecule has 3 atom stereocenters. The number of nitrogens with one attached hydrogen (secondary N) is 1. The van der Waals surface area contributed by atoms with Gasteiger partial charge in [-0.05, 0) is 25.7 Å². The standard InChI is InChI=1S/C13H23NO5/c1-9-5-3-4-6-10(9)19-7-11(15)14-8-13(2,18)12(16)17/h9-10,18H,3-8H2,1-2H3,(H,14,15)(H,16,17). The summed E-state index contributed by atoms with van der Waals surface area (Å²) in [6.45, 7) is 2.83. The minimum Gasteiger partial charge on any atom is -0.479 e. The van der Waals surface area contributed by atoms with E-state index < -0.39 is 17.5 Å². The summed E-state index contributed by atoms with van der Waals surface area (Å²) in [7, 11) is 0. The van der Waals surface area contributed by atoms with E-state index in [1.807, 2.05) is 0 Å². The summed E-state index contributed by atoms with van der Waals surface area (Å²) in [6, 6.07) is 0. The van der Waals surface area contributed by atoms with Gasteiger partial charge >= 0.3 is 5.97 Å². The van der Waals surface area contributed by atoms with Crippen LogP contribution in [0.5, 0.6) is 0 Å². The maximum absolute atomic E-state index is 11.5. The topological polar surface area (TPSA) is 95.9 Å². The fourth-order valence-electron chi connectivity index (χ4n) is 2.11. The van der Waals surface area contributed by atoms with Crippen LogP contribution in [0.4, 0.5) is 0 Å². The molecule has 1 rings (SSSR count). The number of carbonyl (C=O) groups excluding carboxylic acids is 1. The Hall–Kier alpha value is -1.14. The van der Waals surface area contributed by atoms with Crippen molar-refractivity contribution in [1.29, 1.82) is 0 Å². The molecular formula is C13H23NO5. The van der Waals surface area contributed by atoms with Gasteiger partial charge in [-0.3, -0.25) is 4.79 Å². The molecule has 0 aromatic carbocycles. The summed E-state index contributed by atoms with van der Waals surface area (Å²) >= 11 is 0. The zero-order valence-electron chi connectivity index (χ0n) is 11.5. The molecule has 1 amide bonds. The van der Waals surface area contributed by atoms with E-state index in [4.69, 9.17) is 9.84 Å². The monoisotopic (exact) mass is 273 g/mol. The minimum absolute atomic E-state index is 0.0926. The number of aliphatic carboxylic acids is 1. The highest BCUT2D eigenvalue weighted by Gasteiger charge is 2.30. The lowest BCUT2D eigenvalue weighted by Gasteiger charge is -2.28. The Morgan fingerprint density at radius 3 is 2.58 bits per heavy atom. The van der Waals surface area contributed by atoms with Gasteiger partial charge in [0.2, 0.25) is 5.91 Å². The molecule has 0 aromatic heterocycles. The molecule has 110 valence electrons. The van der Waals surface area contributed by atoms with Gasteiger partial charge in [0.1, 0.15) is 6.61 Å². The zero-order valence-corrected chi connectivity index (χ0v) is 11.5. The van der Waals surface area contributed by atoms with Crippen LogP contribution in [0.15, 0.2) is 0 Å². The highest BCUT2D eigenvalue weighted by Crippen LogP contribution is 2.25. The summed E-state index contributed by atoms with van der Waals surface area (Å²) in [5.41, 5.74) is -1.95. The van der Waals surface area contributed by atoms with E-state index in [9.17, 15) is 14.7 Å². The van der Waals surface area contributed by atoms with Gasteiger partial charge in [0.25, 0.3) is 0 Å². The average Bonchev–Trinajstić information content (AvgIpc) is 2.35. The van der Waals surface area contributed by atoms with E-state index in [1.165, 1.54) is 6.42 Å². The zero-order chi connectivity index (χ0) is 14.5. The summed E-state index contributed by atoms with van der Waals surface area (Å²) in [4.78, 5) is 22.2. The molecule has 0 aromatic rings. The van der Waals surface area contributed by atoms with Gasteiger partial charge in [0, 0.05) is 0 Å². The molecule has 1 aliphatic rings. The van der Waals surface area contributed by atoms with Gasteiger partial charge in [-0.15, -0.1) is 0 Å². The van der Waals surface area contributed by atoms with Crippen molar-refractivity contribution in [3.8, 4) is 0 Å². The molecule has 6 nitrogen and oxygen atoms in total. The highest BCUT2D eigenvalue weighted by molar-refractivity contribution is 5.80. The Morgan fingerprint density at radius 2 is 2.00 bits per heavy atom. The fraction of sp³-hybridized carbons (Fsp3) is 0.846. The quantitative estimate of drug-likeness (QED) is 0.656. The number of aliphatic hydroxyl groups is 1. The van der Waals surface area contributed by atoms with Gasteiger partial charge in [0.05, 0.1) is 12.6 Å². The van der Waals surface area contributed by atoms with E-state index >= 15 is 0 Å². The predicted octanol–water partition coefficient (Wildman–Crippen LogP) is 0.533. The lowest BCUT2D eigenvalue weighted by Crippen LogP contribution is -2.47. The summed E-state index contributed by atoms with van der Waals surface area (Å²) in [5.74, 6) is -1.32. The Kier molecular flexibility index (Phi) is 5.75. The van der Waals surface area contributed by atoms with E-state index in [0.29, 0.717) is 5.92 Å². The molecule has 1 aliphatic carbocycles. The van der Waals surface area contributed by atoms with Gasteiger partial charge < -0.3 is 20.3 Å². The van der Waals surface area contributed by atoms with Crippen LogP contribution in [0, 0.1) is 5.92 Å². The molecule has 6 heteroatoms. The van der Waals surface area contributed by atoms with Gasteiger partial charge in [-0.1, -0.05) is 19.8 Å². The van der Waals surface area contributed by atoms with Gasteiger partial charge in [-0.25, -0.2) is 4.79 Å². The molecule has 0 spiro atoms. The molecule has 0 heterocycles. The van der Waals surface area contributed by atoms with Crippen molar-refractivity contribution >= 4 is 11.9 Å². The van der Waals surface area contributed by atoms with Crippen molar-refractivity contribution in [1.82, 2.24) is 5.32 Å². The summed E-state index contributed by atoms with van der Waals surface area (Å²) < 4.78 is 5.54. The van der Waals surface area contributed by atoms with Crippen LogP contribution in [0.3, 0.4) is 0 Å². The number of carbonyl (C=O) groups is 2. The number of ether oxygens (including phenoxy) is 1. The second-order valence-corrected chi connectivity index (χ2v) is 5.47. The smallest absolute Gasteiger partial charge is 0.337 e. The molecule has 0 bridgehead atoms. The molecular weight excluding hydrogens is 250 g/mol. The Bertz CT molecular complexity index is 329. The molecule has 3 N–H and O–H groups in total. The van der Waals surface area contributed by atoms with Crippen molar-refractivity contribution in [2.75, 3.05) is 13.2 Å². The number of amides is 1. The third kappa shape index (κ3) is 5.16. The SMILES string of the molecule is CC1CCCCC1OCC(=O)NCC(C)(O)C(=O)O. The largest absolute Gasteiger partial charge is 0.479 e. The van der Waals surface area contributed by atoms with Crippen LogP contribution in [-0.4, -0.2) is 46.9 Å². The first kappa shape index (κ1) is 15.9. The van der Waals surface area contributed by atoms with Crippen molar-refractivity contribution in [3.05, 3.63) is 0 Å². The van der Waals surface area contributed by atoms with Crippen LogP contribution in [-0.2, 0) is 14.3 Å². The number of carboxylic acids is 1. The Balaban J connectivity index is 2.26. The van der Waals surface area contributed by atoms with Crippen molar-refractivity contribution in [2.45, 2.75) is 51.2 Å². The summed E-state index contributed by atoms with van der Waals surface area (Å²) in [6.07, 6.45) is 4.49. The lowest BCUT2D eigenvalue weighted by atomic mass is 9.88. The highest BCUT2D eigenvalue weighted by atomic mass is 16.5. The average molecular weight is 273 g/mol. The van der Waals surface area contributed by atoms with E-state index in [2.05, 4.69) is 12.2 Å². The number of hydrogen-bond donors (Lipinski definition) is 3. The number of hydrogen-bond acceptors (Lipinski definition) is 4. The van der Waals surface area contributed by atoms with Crippen molar-refractivity contribution < 1.29 is 24.5 Å². The number of carboxylic acid groups (broad SMARTS) is 1. The number of rotatable bonds is 6. The third-order valence-corrected chi connectivity index (χ3v) is 3.55. The predicted molar refractivity (Wildman–Crippen MR) is 68.6 cm³/mol. The molecule has 3 unspecified atom stereocenters. The summed E-state index contributed by atoms with van der Waals surface area (Å²) in [5, 5.41) is 20.5. The lowest BCUT2D eigenvalue weighted by molar-refractivity contribution is -0.156. The van der Waals surface area contributed by atoms with Crippen molar-refractivity contribution in [3.63, 3.8) is 0 Å². The Morgan fingerprint density at radius 1 is 1.37 bits per heavy atom. The Labute approximate surface area is 113 Å². The van der Waals surface area contributed by atoms with Crippen LogP contribution < -0.4 is 5.32 Å². The maximum Gasteiger partial charge on any atom is 0.337 e. The van der Waals surface area contributed by atoms with E-state index in [1.54, 1.807) is 0 Å². The van der Waals surface area contributed by atoms with E-state index in [0.717, 1.165) is 26.2 Å². The molecule has 0 saturated heterocycles. The first-order chi connectivity index (χ1) is 8.83. The van der Waals surface area contributed by atoms with Crippen LogP contribution in [0.2, 0.25) is 0 Å². The first-order valence-electron chi connectivity index (χ1n) is 6.67. The van der Waals surface area contributed by atoms with Crippen LogP contribution in [0.25, 0.3) is 0 Å². The molecule has 1 fully saturated rings. The molecule has 0 radical (unpaired) electrons. The molecule has 0 aliphatic heterocycles. The van der Waals surface area contributed by atoms with E-state index in [-0.39, 0.29) is 19.3 Å². The normalized spacial score (nSPS) is 26.5. The second kappa shape index (κ2) is 6.86.